The zero-order valence-corrected chi connectivity index (χ0v) is 17.3. The minimum atomic E-state index is -1.02. The summed E-state index contributed by atoms with van der Waals surface area (Å²) in [6.45, 7) is 0.0874. The van der Waals surface area contributed by atoms with Gasteiger partial charge < -0.3 is 15.2 Å². The molecule has 3 heterocycles. The summed E-state index contributed by atoms with van der Waals surface area (Å²) in [6, 6.07) is 8.49. The van der Waals surface area contributed by atoms with Crippen molar-refractivity contribution in [3.8, 4) is 22.9 Å². The Morgan fingerprint density at radius 1 is 1.06 bits per heavy atom. The molecule has 0 saturated carbocycles. The van der Waals surface area contributed by atoms with Gasteiger partial charge in [-0.1, -0.05) is 0 Å². The first-order valence-electron chi connectivity index (χ1n) is 9.46. The molecule has 0 aliphatic rings. The molecule has 0 aliphatic heterocycles. The second-order valence-electron chi connectivity index (χ2n) is 6.43. The van der Waals surface area contributed by atoms with Gasteiger partial charge in [0.05, 0.1) is 0 Å². The second-order valence-corrected chi connectivity index (χ2v) is 7.60. The van der Waals surface area contributed by atoms with Crippen molar-refractivity contribution in [2.75, 3.05) is 17.7 Å². The van der Waals surface area contributed by atoms with Crippen molar-refractivity contribution in [2.45, 2.75) is 11.3 Å². The quantitative estimate of drug-likeness (QED) is 0.253. The Morgan fingerprint density at radius 2 is 1.97 bits per heavy atom. The van der Waals surface area contributed by atoms with E-state index >= 15 is 0 Å². The van der Waals surface area contributed by atoms with Gasteiger partial charge in [-0.05, 0) is 47.2 Å². The molecule has 0 aliphatic carbocycles. The van der Waals surface area contributed by atoms with Crippen LogP contribution in [0.5, 0.6) is 11.5 Å². The minimum Gasteiger partial charge on any atom is -0.453 e. The van der Waals surface area contributed by atoms with Crippen LogP contribution in [0.1, 0.15) is 6.42 Å². The van der Waals surface area contributed by atoms with E-state index in [1.165, 1.54) is 17.8 Å². The van der Waals surface area contributed by atoms with Crippen molar-refractivity contribution in [3.63, 3.8) is 0 Å². The Kier molecular flexibility index (Phi) is 6.82. The third-order valence-electron chi connectivity index (χ3n) is 4.15. The van der Waals surface area contributed by atoms with E-state index in [1.807, 2.05) is 0 Å². The topological polar surface area (TPSA) is 122 Å². The fraction of sp³-hybridized carbons (Fsp3) is 0.150. The molecule has 0 spiro atoms. The predicted octanol–water partition coefficient (Wildman–Crippen LogP) is 3.95. The molecule has 1 aromatic carbocycles. The lowest BCUT2D eigenvalue weighted by Crippen LogP contribution is -2.00. The van der Waals surface area contributed by atoms with Crippen molar-refractivity contribution >= 4 is 23.4 Å². The molecule has 12 heteroatoms. The number of hydrogen-bond acceptors (Lipinski definition) is 9. The summed E-state index contributed by atoms with van der Waals surface area (Å²) >= 11 is 1.49. The van der Waals surface area contributed by atoms with Crippen LogP contribution < -0.4 is 10.1 Å². The van der Waals surface area contributed by atoms with E-state index < -0.39 is 11.6 Å². The predicted molar refractivity (Wildman–Crippen MR) is 114 cm³/mol. The number of hydrogen-bond donors (Lipinski definition) is 3. The molecule has 0 bridgehead atoms. The van der Waals surface area contributed by atoms with E-state index in [-0.39, 0.29) is 12.4 Å². The molecule has 164 valence electrons. The number of tetrazole rings is 1. The number of aromatic nitrogens is 6. The highest BCUT2D eigenvalue weighted by Gasteiger charge is 2.12. The van der Waals surface area contributed by atoms with Crippen molar-refractivity contribution in [2.24, 2.45) is 0 Å². The van der Waals surface area contributed by atoms with Crippen LogP contribution in [0, 0.1) is 11.6 Å². The molecule has 0 saturated heterocycles. The third kappa shape index (κ3) is 5.34. The van der Waals surface area contributed by atoms with Gasteiger partial charge in [0.25, 0.3) is 0 Å². The maximum absolute atomic E-state index is 13.6. The Balaban J connectivity index is 1.58. The molecule has 32 heavy (non-hydrogen) atoms. The number of benzene rings is 1. The summed E-state index contributed by atoms with van der Waals surface area (Å²) in [5.41, 5.74) is 0.697. The Bertz CT molecular complexity index is 1180. The first-order chi connectivity index (χ1) is 15.6. The lowest BCUT2D eigenvalue weighted by atomic mass is 10.2. The number of pyridine rings is 2. The lowest BCUT2D eigenvalue weighted by Gasteiger charge is -2.13. The molecule has 3 N–H and O–H groups in total. The number of anilines is 2. The van der Waals surface area contributed by atoms with E-state index in [2.05, 4.69) is 35.9 Å². The van der Waals surface area contributed by atoms with Gasteiger partial charge >= 0.3 is 0 Å². The van der Waals surface area contributed by atoms with E-state index in [1.54, 1.807) is 30.6 Å². The van der Waals surface area contributed by atoms with Crippen LogP contribution in [0.2, 0.25) is 0 Å². The Labute approximate surface area is 185 Å². The maximum atomic E-state index is 13.6. The van der Waals surface area contributed by atoms with Gasteiger partial charge in [0.1, 0.15) is 11.6 Å². The number of aromatic amines is 1. The molecule has 0 radical (unpaired) electrons. The van der Waals surface area contributed by atoms with Crippen LogP contribution in [-0.2, 0) is 0 Å². The standard InChI is InChI=1S/C20H17F2N7O2S/c21-15-4-3-13(8-16(15)22)31-17-9-14(32-7-1-6-30)11-24-20(17)25-18-5-2-12(10-23-18)19-26-28-29-27-19/h2-5,8-11,30H,1,6-7H2,(H,23,24,25)(H,26,27,28,29). The van der Waals surface area contributed by atoms with Gasteiger partial charge in [-0.3, -0.25) is 0 Å². The summed E-state index contributed by atoms with van der Waals surface area (Å²) in [7, 11) is 0. The van der Waals surface area contributed by atoms with Gasteiger partial charge in [-0.2, -0.15) is 0 Å². The van der Waals surface area contributed by atoms with Crippen LogP contribution in [0.4, 0.5) is 20.4 Å². The van der Waals surface area contributed by atoms with E-state index in [4.69, 9.17) is 9.84 Å². The summed E-state index contributed by atoms with van der Waals surface area (Å²) < 4.78 is 32.7. The second kappa shape index (κ2) is 10.1. The van der Waals surface area contributed by atoms with Gasteiger partial charge in [0.15, 0.2) is 29.0 Å². The van der Waals surface area contributed by atoms with Crippen molar-refractivity contribution in [3.05, 3.63) is 60.4 Å². The van der Waals surface area contributed by atoms with Crippen molar-refractivity contribution in [1.82, 2.24) is 30.6 Å². The SMILES string of the molecule is OCCCSc1cnc(Nc2ccc(-c3nnn[nH]3)cn2)c(Oc2ccc(F)c(F)c2)c1. The molecule has 3 aromatic heterocycles. The van der Waals surface area contributed by atoms with Crippen molar-refractivity contribution < 1.29 is 18.6 Å². The molecule has 4 rings (SSSR count). The first kappa shape index (κ1) is 21.6. The highest BCUT2D eigenvalue weighted by Crippen LogP contribution is 2.34. The monoisotopic (exact) mass is 457 g/mol. The zero-order chi connectivity index (χ0) is 22.3. The van der Waals surface area contributed by atoms with Crippen LogP contribution in [0.25, 0.3) is 11.4 Å². The summed E-state index contributed by atoms with van der Waals surface area (Å²) in [6.07, 6.45) is 3.86. The van der Waals surface area contributed by atoms with Crippen molar-refractivity contribution in [1.29, 1.82) is 0 Å². The molecular weight excluding hydrogens is 440 g/mol. The largest absolute Gasteiger partial charge is 0.453 e. The van der Waals surface area contributed by atoms with Crippen LogP contribution in [-0.4, -0.2) is 48.1 Å². The molecule has 0 fully saturated rings. The van der Waals surface area contributed by atoms with Crippen LogP contribution >= 0.6 is 11.8 Å². The lowest BCUT2D eigenvalue weighted by molar-refractivity contribution is 0.296. The van der Waals surface area contributed by atoms with Gasteiger partial charge in [-0.25, -0.2) is 23.8 Å². The number of ether oxygens (including phenoxy) is 1. The van der Waals surface area contributed by atoms with E-state index in [0.717, 1.165) is 17.0 Å². The Morgan fingerprint density at radius 3 is 2.69 bits per heavy atom. The fourth-order valence-electron chi connectivity index (χ4n) is 2.61. The molecule has 4 aromatic rings. The number of aliphatic hydroxyl groups excluding tert-OH is 1. The summed E-state index contributed by atoms with van der Waals surface area (Å²) in [4.78, 5) is 9.51. The van der Waals surface area contributed by atoms with Crippen LogP contribution in [0.3, 0.4) is 0 Å². The number of rotatable bonds is 9. The smallest absolute Gasteiger partial charge is 0.180 e. The number of nitrogens with one attached hydrogen (secondary N) is 2. The number of nitrogens with zero attached hydrogens (tertiary/aromatic N) is 5. The number of thioether (sulfide) groups is 1. The zero-order valence-electron chi connectivity index (χ0n) is 16.5. The molecule has 0 atom stereocenters. The Hall–Kier alpha value is -3.64. The van der Waals surface area contributed by atoms with Gasteiger partial charge in [0.2, 0.25) is 0 Å². The van der Waals surface area contributed by atoms with Crippen LogP contribution in [0.15, 0.2) is 53.7 Å². The summed E-state index contributed by atoms with van der Waals surface area (Å²) in [5, 5.41) is 25.6. The highest BCUT2D eigenvalue weighted by atomic mass is 32.2. The van der Waals surface area contributed by atoms with Gasteiger partial charge in [0, 0.05) is 41.3 Å². The molecule has 0 unspecified atom stereocenters. The molecular formula is C20H17F2N7O2S. The number of aliphatic hydroxyl groups is 1. The molecule has 0 amide bonds. The average Bonchev–Trinajstić information content (AvgIpc) is 3.34. The van der Waals surface area contributed by atoms with E-state index in [9.17, 15) is 8.78 Å². The first-order valence-corrected chi connectivity index (χ1v) is 10.4. The fourth-order valence-corrected chi connectivity index (χ4v) is 3.44. The molecule has 9 nitrogen and oxygen atoms in total. The average molecular weight is 457 g/mol. The number of halogens is 2. The highest BCUT2D eigenvalue weighted by molar-refractivity contribution is 7.99. The number of H-pyrrole nitrogens is 1. The van der Waals surface area contributed by atoms with Gasteiger partial charge in [-0.15, -0.1) is 16.9 Å². The maximum Gasteiger partial charge on any atom is 0.180 e. The van der Waals surface area contributed by atoms with E-state index in [0.29, 0.717) is 40.9 Å². The summed E-state index contributed by atoms with van der Waals surface area (Å²) in [5.74, 6) is 0.421. The normalized spacial score (nSPS) is 10.8. The third-order valence-corrected chi connectivity index (χ3v) is 5.20. The minimum absolute atomic E-state index is 0.0874.